The summed E-state index contributed by atoms with van der Waals surface area (Å²) in [6.45, 7) is 6.51. The van der Waals surface area contributed by atoms with E-state index >= 15 is 0 Å². The molecule has 0 radical (unpaired) electrons. The Kier molecular flexibility index (Phi) is 48.3. The fraction of sp³-hybridized carbons (Fsp3) is 0.836. The van der Waals surface area contributed by atoms with Gasteiger partial charge >= 0.3 is 17.9 Å². The van der Waals surface area contributed by atoms with E-state index in [2.05, 4.69) is 57.2 Å². The van der Waals surface area contributed by atoms with Crippen LogP contribution < -0.4 is 0 Å². The molecule has 0 aliphatic heterocycles. The zero-order chi connectivity index (χ0) is 44.4. The lowest BCUT2D eigenvalue weighted by atomic mass is 10.0. The second kappa shape index (κ2) is 50.3. The molecule has 6 nitrogen and oxygen atoms in total. The van der Waals surface area contributed by atoms with Crippen LogP contribution in [0, 0.1) is 0 Å². The number of hydrogen-bond donors (Lipinski definition) is 0. The third kappa shape index (κ3) is 48.5. The molecule has 0 saturated heterocycles. The van der Waals surface area contributed by atoms with Crippen molar-refractivity contribution in [3.63, 3.8) is 0 Å². The molecule has 0 amide bonds. The van der Waals surface area contributed by atoms with Gasteiger partial charge in [0.05, 0.1) is 0 Å². The van der Waals surface area contributed by atoms with Crippen LogP contribution in [0.15, 0.2) is 36.5 Å². The predicted molar refractivity (Wildman–Crippen MR) is 261 cm³/mol. The lowest BCUT2D eigenvalue weighted by molar-refractivity contribution is -0.167. The van der Waals surface area contributed by atoms with Gasteiger partial charge in [0.1, 0.15) is 13.2 Å². The Morgan fingerprint density at radius 3 is 0.967 bits per heavy atom. The van der Waals surface area contributed by atoms with Crippen LogP contribution in [0.2, 0.25) is 0 Å². The first-order chi connectivity index (χ1) is 30.0. The molecule has 0 saturated carbocycles. The summed E-state index contributed by atoms with van der Waals surface area (Å²) in [6.07, 6.45) is 59.0. The number of rotatable bonds is 48. The number of unbranched alkanes of at least 4 members (excludes halogenated alkanes) is 31. The summed E-state index contributed by atoms with van der Waals surface area (Å²) in [6, 6.07) is 0. The molecule has 6 heteroatoms. The molecule has 0 aromatic heterocycles. The summed E-state index contributed by atoms with van der Waals surface area (Å²) in [5.41, 5.74) is 0. The fourth-order valence-electron chi connectivity index (χ4n) is 7.57. The highest BCUT2D eigenvalue weighted by atomic mass is 16.6. The van der Waals surface area contributed by atoms with Gasteiger partial charge < -0.3 is 14.2 Å². The maximum absolute atomic E-state index is 12.7. The summed E-state index contributed by atoms with van der Waals surface area (Å²) in [5.74, 6) is -0.891. The molecule has 0 bridgehead atoms. The first kappa shape index (κ1) is 58.6. The average molecular weight is 857 g/mol. The van der Waals surface area contributed by atoms with Gasteiger partial charge in [0.25, 0.3) is 0 Å². The van der Waals surface area contributed by atoms with Crippen molar-refractivity contribution >= 4 is 17.9 Å². The van der Waals surface area contributed by atoms with Crippen LogP contribution >= 0.6 is 0 Å². The van der Waals surface area contributed by atoms with Crippen molar-refractivity contribution in [3.8, 4) is 0 Å². The topological polar surface area (TPSA) is 78.9 Å². The Balaban J connectivity index is 3.97. The van der Waals surface area contributed by atoms with Gasteiger partial charge in [-0.2, -0.15) is 0 Å². The molecule has 0 heterocycles. The van der Waals surface area contributed by atoms with E-state index in [1.807, 2.05) is 0 Å². The van der Waals surface area contributed by atoms with Gasteiger partial charge in [-0.15, -0.1) is 0 Å². The van der Waals surface area contributed by atoms with E-state index in [1.54, 1.807) is 0 Å². The van der Waals surface area contributed by atoms with Crippen molar-refractivity contribution in [3.05, 3.63) is 36.5 Å². The molecule has 0 spiro atoms. The number of carbonyl (C=O) groups is 3. The molecule has 0 N–H and O–H groups in total. The van der Waals surface area contributed by atoms with Gasteiger partial charge in [0.15, 0.2) is 6.10 Å². The van der Waals surface area contributed by atoms with Gasteiger partial charge in [-0.05, 0) is 70.6 Å². The van der Waals surface area contributed by atoms with E-state index in [-0.39, 0.29) is 31.1 Å². The fourth-order valence-corrected chi connectivity index (χ4v) is 7.57. The van der Waals surface area contributed by atoms with E-state index in [0.717, 1.165) is 83.5 Å². The number of esters is 3. The largest absolute Gasteiger partial charge is 0.462 e. The SMILES string of the molecule is CCCC/C=C\CCCCCCCC(=O)OC(COC(=O)CCCCCCC)COC(=O)CCCCCCCCCCCCCCCCC/C=C\C/C=C\CCCCCCC. The lowest BCUT2D eigenvalue weighted by Gasteiger charge is -2.18. The number of allylic oxidation sites excluding steroid dienone is 6. The van der Waals surface area contributed by atoms with Crippen LogP contribution in [-0.4, -0.2) is 37.2 Å². The van der Waals surface area contributed by atoms with Crippen LogP contribution in [0.4, 0.5) is 0 Å². The van der Waals surface area contributed by atoms with Crippen molar-refractivity contribution in [1.82, 2.24) is 0 Å². The summed E-state index contributed by atoms with van der Waals surface area (Å²) in [4.78, 5) is 37.6. The molecule has 1 atom stereocenters. The van der Waals surface area contributed by atoms with E-state index < -0.39 is 6.10 Å². The Labute approximate surface area is 378 Å². The number of ether oxygens (including phenoxy) is 3. The van der Waals surface area contributed by atoms with Gasteiger partial charge in [0.2, 0.25) is 0 Å². The molecule has 61 heavy (non-hydrogen) atoms. The Hall–Kier alpha value is -2.37. The molecule has 0 rings (SSSR count). The van der Waals surface area contributed by atoms with Crippen LogP contribution in [0.25, 0.3) is 0 Å². The summed E-state index contributed by atoms with van der Waals surface area (Å²) in [7, 11) is 0. The summed E-state index contributed by atoms with van der Waals surface area (Å²) < 4.78 is 16.6. The summed E-state index contributed by atoms with van der Waals surface area (Å²) >= 11 is 0. The highest BCUT2D eigenvalue weighted by molar-refractivity contribution is 5.71. The van der Waals surface area contributed by atoms with Gasteiger partial charge in [0, 0.05) is 19.3 Å². The minimum atomic E-state index is -0.769. The van der Waals surface area contributed by atoms with E-state index in [0.29, 0.717) is 19.3 Å². The third-order valence-electron chi connectivity index (χ3n) is 11.6. The molecule has 0 aliphatic carbocycles. The highest BCUT2D eigenvalue weighted by Crippen LogP contribution is 2.16. The maximum Gasteiger partial charge on any atom is 0.306 e. The third-order valence-corrected chi connectivity index (χ3v) is 11.6. The summed E-state index contributed by atoms with van der Waals surface area (Å²) in [5, 5.41) is 0. The predicted octanol–water partition coefficient (Wildman–Crippen LogP) is 17.3. The molecule has 0 aromatic rings. The van der Waals surface area contributed by atoms with Crippen molar-refractivity contribution in [2.24, 2.45) is 0 Å². The first-order valence-electron chi connectivity index (χ1n) is 26.5. The molecule has 0 aromatic carbocycles. The maximum atomic E-state index is 12.7. The molecule has 0 fully saturated rings. The van der Waals surface area contributed by atoms with E-state index in [1.165, 1.54) is 154 Å². The molecule has 1 unspecified atom stereocenters. The van der Waals surface area contributed by atoms with Crippen LogP contribution in [0.1, 0.15) is 278 Å². The van der Waals surface area contributed by atoms with Gasteiger partial charge in [-0.3, -0.25) is 14.4 Å². The minimum absolute atomic E-state index is 0.0736. The lowest BCUT2D eigenvalue weighted by Crippen LogP contribution is -2.30. The van der Waals surface area contributed by atoms with E-state index in [4.69, 9.17) is 14.2 Å². The normalized spacial score (nSPS) is 12.2. The molecule has 356 valence electrons. The van der Waals surface area contributed by atoms with Gasteiger partial charge in [-0.1, -0.05) is 224 Å². The molecular formula is C55H100O6. The number of carbonyl (C=O) groups excluding carboxylic acids is 3. The van der Waals surface area contributed by atoms with Crippen molar-refractivity contribution in [2.45, 2.75) is 284 Å². The van der Waals surface area contributed by atoms with Crippen LogP contribution in [0.3, 0.4) is 0 Å². The van der Waals surface area contributed by atoms with Crippen LogP contribution in [-0.2, 0) is 28.6 Å². The minimum Gasteiger partial charge on any atom is -0.462 e. The Morgan fingerprint density at radius 1 is 0.328 bits per heavy atom. The second-order valence-electron chi connectivity index (χ2n) is 17.8. The average Bonchev–Trinajstić information content (AvgIpc) is 3.26. The monoisotopic (exact) mass is 857 g/mol. The first-order valence-corrected chi connectivity index (χ1v) is 26.5. The standard InChI is InChI=1S/C55H100O6/c1-4-7-10-13-15-17-19-20-21-22-23-24-25-26-27-28-29-30-31-32-33-34-36-37-39-42-45-48-54(57)60-51-52(50-59-53(56)47-44-41-12-9-6-3)61-55(58)49-46-43-40-38-35-18-16-14-11-8-5-2/h14,16,19-20,22-23,52H,4-13,15,17-18,21,24-51H2,1-3H3/b16-14-,20-19-,23-22-. The Bertz CT molecular complexity index is 1030. The smallest absolute Gasteiger partial charge is 0.306 e. The zero-order valence-corrected chi connectivity index (χ0v) is 40.7. The van der Waals surface area contributed by atoms with Crippen molar-refractivity contribution in [1.29, 1.82) is 0 Å². The molecular weight excluding hydrogens is 757 g/mol. The Morgan fingerprint density at radius 2 is 0.607 bits per heavy atom. The zero-order valence-electron chi connectivity index (χ0n) is 40.7. The van der Waals surface area contributed by atoms with Crippen molar-refractivity contribution < 1.29 is 28.6 Å². The van der Waals surface area contributed by atoms with Crippen LogP contribution in [0.5, 0.6) is 0 Å². The van der Waals surface area contributed by atoms with Crippen molar-refractivity contribution in [2.75, 3.05) is 13.2 Å². The second-order valence-corrected chi connectivity index (χ2v) is 17.8. The van der Waals surface area contributed by atoms with E-state index in [9.17, 15) is 14.4 Å². The van der Waals surface area contributed by atoms with Gasteiger partial charge in [-0.25, -0.2) is 0 Å². The molecule has 0 aliphatic rings. The highest BCUT2D eigenvalue weighted by Gasteiger charge is 2.19. The number of hydrogen-bond acceptors (Lipinski definition) is 6. The quantitative estimate of drug-likeness (QED) is 0.0262.